The summed E-state index contributed by atoms with van der Waals surface area (Å²) < 4.78 is 0. The van der Waals surface area contributed by atoms with E-state index in [-0.39, 0.29) is 5.91 Å². The quantitative estimate of drug-likeness (QED) is 0.729. The topological polar surface area (TPSA) is 20.3 Å². The van der Waals surface area contributed by atoms with Crippen LogP contribution in [-0.2, 0) is 12.8 Å². The van der Waals surface area contributed by atoms with Crippen molar-refractivity contribution in [2.24, 2.45) is 0 Å². The number of hydrogen-bond acceptors (Lipinski definition) is 1. The van der Waals surface area contributed by atoms with Crippen molar-refractivity contribution >= 4 is 21.8 Å². The lowest BCUT2D eigenvalue weighted by molar-refractivity contribution is 0.0764. The Kier molecular flexibility index (Phi) is 5.44. The van der Waals surface area contributed by atoms with E-state index in [2.05, 4.69) is 35.0 Å². The van der Waals surface area contributed by atoms with Crippen LogP contribution in [0.15, 0.2) is 18.2 Å². The van der Waals surface area contributed by atoms with Crippen molar-refractivity contribution in [3.8, 4) is 0 Å². The molecule has 0 saturated heterocycles. The third-order valence-electron chi connectivity index (χ3n) is 3.77. The molecule has 0 aliphatic heterocycles. The average molecular weight is 324 g/mol. The highest BCUT2D eigenvalue weighted by molar-refractivity contribution is 9.09. The molecule has 2 nitrogen and oxygen atoms in total. The zero-order valence-corrected chi connectivity index (χ0v) is 13.2. The first kappa shape index (κ1) is 14.6. The minimum absolute atomic E-state index is 0.183. The van der Waals surface area contributed by atoms with Crippen molar-refractivity contribution in [3.05, 3.63) is 34.9 Å². The molecule has 1 amide bonds. The maximum Gasteiger partial charge on any atom is 0.253 e. The van der Waals surface area contributed by atoms with Gasteiger partial charge in [0.05, 0.1) is 0 Å². The van der Waals surface area contributed by atoms with Gasteiger partial charge >= 0.3 is 0 Å². The van der Waals surface area contributed by atoms with Crippen LogP contribution in [-0.4, -0.2) is 29.2 Å². The van der Waals surface area contributed by atoms with Crippen LogP contribution in [0.2, 0.25) is 0 Å². The highest BCUT2D eigenvalue weighted by Crippen LogP contribution is 2.23. The van der Waals surface area contributed by atoms with E-state index in [1.807, 2.05) is 11.0 Å². The molecule has 1 aromatic rings. The van der Waals surface area contributed by atoms with Gasteiger partial charge in [-0.25, -0.2) is 0 Å². The van der Waals surface area contributed by atoms with Crippen LogP contribution in [0.25, 0.3) is 0 Å². The molecule has 0 N–H and O–H groups in total. The fraction of sp³-hybridized carbons (Fsp3) is 0.562. The first-order chi connectivity index (χ1) is 9.26. The molecule has 0 fully saturated rings. The van der Waals surface area contributed by atoms with Gasteiger partial charge in [0.25, 0.3) is 5.91 Å². The average Bonchev–Trinajstić information content (AvgIpc) is 2.90. The van der Waals surface area contributed by atoms with Gasteiger partial charge in [-0.15, -0.1) is 0 Å². The largest absolute Gasteiger partial charge is 0.338 e. The Morgan fingerprint density at radius 1 is 1.26 bits per heavy atom. The van der Waals surface area contributed by atoms with Gasteiger partial charge < -0.3 is 4.90 Å². The van der Waals surface area contributed by atoms with Gasteiger partial charge in [-0.1, -0.05) is 35.3 Å². The molecule has 0 saturated carbocycles. The Balaban J connectivity index is 2.11. The predicted octanol–water partition coefficient (Wildman–Crippen LogP) is 3.81. The third-order valence-corrected chi connectivity index (χ3v) is 4.12. The lowest BCUT2D eigenvalue weighted by Gasteiger charge is -2.22. The Bertz CT molecular complexity index is 444. The summed E-state index contributed by atoms with van der Waals surface area (Å²) in [5, 5.41) is 0.841. The number of fused-ring (bicyclic) bond motifs is 1. The summed E-state index contributed by atoms with van der Waals surface area (Å²) in [5.41, 5.74) is 3.66. The fourth-order valence-corrected chi connectivity index (χ4v) is 3.08. The van der Waals surface area contributed by atoms with Crippen LogP contribution in [0, 0.1) is 0 Å². The standard InChI is InChI=1S/C16H22BrNO/c1-2-3-10-18(11-9-17)16(19)15-8-7-13-5-4-6-14(13)12-15/h7-8,12H,2-6,9-11H2,1H3. The monoisotopic (exact) mass is 323 g/mol. The van der Waals surface area contributed by atoms with Crippen LogP contribution in [0.1, 0.15) is 47.7 Å². The van der Waals surface area contributed by atoms with E-state index < -0.39 is 0 Å². The number of rotatable bonds is 6. The van der Waals surface area contributed by atoms with Crippen LogP contribution < -0.4 is 0 Å². The molecular weight excluding hydrogens is 302 g/mol. The van der Waals surface area contributed by atoms with Crippen LogP contribution in [0.4, 0.5) is 0 Å². The molecule has 0 atom stereocenters. The molecule has 0 heterocycles. The lowest BCUT2D eigenvalue weighted by Crippen LogP contribution is -2.33. The Morgan fingerprint density at radius 2 is 2.05 bits per heavy atom. The predicted molar refractivity (Wildman–Crippen MR) is 83.1 cm³/mol. The van der Waals surface area contributed by atoms with Crippen molar-refractivity contribution in [2.75, 3.05) is 18.4 Å². The van der Waals surface area contributed by atoms with Gasteiger partial charge in [0.1, 0.15) is 0 Å². The molecule has 0 spiro atoms. The van der Waals surface area contributed by atoms with Gasteiger partial charge in [-0.3, -0.25) is 4.79 Å². The number of hydrogen-bond donors (Lipinski definition) is 0. The number of nitrogens with zero attached hydrogens (tertiary/aromatic N) is 1. The maximum atomic E-state index is 12.5. The first-order valence-corrected chi connectivity index (χ1v) is 8.35. The fourth-order valence-electron chi connectivity index (χ4n) is 2.65. The van der Waals surface area contributed by atoms with E-state index in [0.717, 1.165) is 43.2 Å². The third kappa shape index (κ3) is 3.59. The van der Waals surface area contributed by atoms with E-state index in [4.69, 9.17) is 0 Å². The smallest absolute Gasteiger partial charge is 0.253 e. The number of amides is 1. The summed E-state index contributed by atoms with van der Waals surface area (Å²) in [4.78, 5) is 14.5. The second-order valence-corrected chi connectivity index (χ2v) is 5.96. The Hall–Kier alpha value is -0.830. The molecular formula is C16H22BrNO. The van der Waals surface area contributed by atoms with Crippen LogP contribution in [0.5, 0.6) is 0 Å². The van der Waals surface area contributed by atoms with E-state index in [1.54, 1.807) is 0 Å². The highest BCUT2D eigenvalue weighted by Gasteiger charge is 2.18. The summed E-state index contributed by atoms with van der Waals surface area (Å²) in [6.07, 6.45) is 5.72. The number of aryl methyl sites for hydroxylation is 2. The van der Waals surface area contributed by atoms with Gasteiger partial charge in [-0.2, -0.15) is 0 Å². The molecule has 0 radical (unpaired) electrons. The SMILES string of the molecule is CCCCN(CCBr)C(=O)c1ccc2c(c1)CCC2. The second kappa shape index (κ2) is 7.09. The molecule has 1 aromatic carbocycles. The van der Waals surface area contributed by atoms with E-state index >= 15 is 0 Å². The zero-order chi connectivity index (χ0) is 13.7. The maximum absolute atomic E-state index is 12.5. The molecule has 2 rings (SSSR count). The Labute approximate surface area is 124 Å². The number of unbranched alkanes of at least 4 members (excludes halogenated alkanes) is 1. The van der Waals surface area contributed by atoms with Gasteiger partial charge in [0.2, 0.25) is 0 Å². The molecule has 0 bridgehead atoms. The second-order valence-electron chi connectivity index (χ2n) is 5.17. The van der Waals surface area contributed by atoms with Crippen molar-refractivity contribution in [1.82, 2.24) is 4.90 Å². The van der Waals surface area contributed by atoms with Crippen molar-refractivity contribution in [2.45, 2.75) is 39.0 Å². The Morgan fingerprint density at radius 3 is 2.79 bits per heavy atom. The number of benzene rings is 1. The summed E-state index contributed by atoms with van der Waals surface area (Å²) in [6.45, 7) is 3.81. The van der Waals surface area contributed by atoms with E-state index in [1.165, 1.54) is 24.0 Å². The van der Waals surface area contributed by atoms with E-state index in [0.29, 0.717) is 0 Å². The van der Waals surface area contributed by atoms with Gasteiger partial charge in [0.15, 0.2) is 0 Å². The number of carbonyl (C=O) groups is 1. The van der Waals surface area contributed by atoms with Crippen molar-refractivity contribution in [3.63, 3.8) is 0 Å². The molecule has 0 unspecified atom stereocenters. The minimum atomic E-state index is 0.183. The molecule has 19 heavy (non-hydrogen) atoms. The van der Waals surface area contributed by atoms with E-state index in [9.17, 15) is 4.79 Å². The highest BCUT2D eigenvalue weighted by atomic mass is 79.9. The lowest BCUT2D eigenvalue weighted by atomic mass is 10.1. The van der Waals surface area contributed by atoms with Crippen LogP contribution in [0.3, 0.4) is 0 Å². The summed E-state index contributed by atoms with van der Waals surface area (Å²) in [7, 11) is 0. The number of halogens is 1. The van der Waals surface area contributed by atoms with Gasteiger partial charge in [0, 0.05) is 24.0 Å². The number of carbonyl (C=O) groups excluding carboxylic acids is 1. The molecule has 1 aliphatic carbocycles. The zero-order valence-electron chi connectivity index (χ0n) is 11.6. The van der Waals surface area contributed by atoms with Gasteiger partial charge in [-0.05, 0) is 48.9 Å². The molecule has 104 valence electrons. The number of alkyl halides is 1. The molecule has 0 aromatic heterocycles. The summed E-state index contributed by atoms with van der Waals surface area (Å²) >= 11 is 3.44. The summed E-state index contributed by atoms with van der Waals surface area (Å²) in [5.74, 6) is 0.183. The van der Waals surface area contributed by atoms with Crippen molar-refractivity contribution < 1.29 is 4.79 Å². The summed E-state index contributed by atoms with van der Waals surface area (Å²) in [6, 6.07) is 6.25. The normalized spacial score (nSPS) is 13.4. The molecule has 1 aliphatic rings. The minimum Gasteiger partial charge on any atom is -0.338 e. The molecule has 3 heteroatoms. The van der Waals surface area contributed by atoms with Crippen LogP contribution >= 0.6 is 15.9 Å². The first-order valence-electron chi connectivity index (χ1n) is 7.23. The van der Waals surface area contributed by atoms with Crippen molar-refractivity contribution in [1.29, 1.82) is 0 Å².